The maximum Gasteiger partial charge on any atom is 0.257 e. The summed E-state index contributed by atoms with van der Waals surface area (Å²) in [6, 6.07) is 9.94. The molecule has 2 atom stereocenters. The number of rotatable bonds is 3. The Balaban J connectivity index is 1.83. The lowest BCUT2D eigenvalue weighted by Crippen LogP contribution is -2.45. The van der Waals surface area contributed by atoms with E-state index in [1.165, 1.54) is 0 Å². The molecule has 3 rings (SSSR count). The smallest absolute Gasteiger partial charge is 0.257 e. The van der Waals surface area contributed by atoms with Crippen molar-refractivity contribution in [3.63, 3.8) is 0 Å². The molecule has 0 saturated carbocycles. The maximum absolute atomic E-state index is 12.8. The van der Waals surface area contributed by atoms with Gasteiger partial charge in [0.05, 0.1) is 17.5 Å². The first-order valence-electron chi connectivity index (χ1n) is 7.80. The summed E-state index contributed by atoms with van der Waals surface area (Å²) in [5, 5.41) is 7.03. The van der Waals surface area contributed by atoms with Crippen molar-refractivity contribution < 1.29 is 4.79 Å². The van der Waals surface area contributed by atoms with E-state index in [4.69, 9.17) is 5.73 Å². The van der Waals surface area contributed by atoms with Crippen molar-refractivity contribution in [2.45, 2.75) is 25.8 Å². The van der Waals surface area contributed by atoms with Crippen LogP contribution in [0.2, 0.25) is 0 Å². The van der Waals surface area contributed by atoms with Gasteiger partial charge in [-0.05, 0) is 25.7 Å². The second-order valence-corrected chi connectivity index (χ2v) is 6.04. The van der Waals surface area contributed by atoms with E-state index in [1.54, 1.807) is 6.20 Å². The van der Waals surface area contributed by atoms with Gasteiger partial charge in [-0.1, -0.05) is 30.3 Å². The largest absolute Gasteiger partial charge is 0.338 e. The fraction of sp³-hybridized carbons (Fsp3) is 0.412. The van der Waals surface area contributed by atoms with E-state index in [-0.39, 0.29) is 11.9 Å². The van der Waals surface area contributed by atoms with Crippen LogP contribution in [-0.4, -0.2) is 40.1 Å². The summed E-state index contributed by atoms with van der Waals surface area (Å²) in [4.78, 5) is 14.8. The Labute approximate surface area is 130 Å². The van der Waals surface area contributed by atoms with Gasteiger partial charge in [0, 0.05) is 24.7 Å². The number of nitrogens with two attached hydrogens (primary N) is 1. The van der Waals surface area contributed by atoms with Crippen LogP contribution in [-0.2, 0) is 0 Å². The second-order valence-electron chi connectivity index (χ2n) is 6.04. The number of aromatic amines is 1. The van der Waals surface area contributed by atoms with Crippen molar-refractivity contribution in [2.24, 2.45) is 11.7 Å². The molecule has 1 aliphatic heterocycles. The number of amides is 1. The fourth-order valence-corrected chi connectivity index (χ4v) is 3.07. The van der Waals surface area contributed by atoms with Gasteiger partial charge in [-0.25, -0.2) is 0 Å². The number of nitrogens with one attached hydrogen (secondary N) is 1. The van der Waals surface area contributed by atoms with Crippen LogP contribution in [0.4, 0.5) is 0 Å². The number of hydrogen-bond donors (Lipinski definition) is 2. The average Bonchev–Trinajstić information content (AvgIpc) is 3.04. The summed E-state index contributed by atoms with van der Waals surface area (Å²) in [5.74, 6) is 0.419. The zero-order valence-electron chi connectivity index (χ0n) is 12.8. The Morgan fingerprint density at radius 2 is 2.18 bits per heavy atom. The van der Waals surface area contributed by atoms with Gasteiger partial charge >= 0.3 is 0 Å². The molecular weight excluding hydrogens is 276 g/mol. The molecule has 0 aliphatic carbocycles. The number of piperidine rings is 1. The average molecular weight is 298 g/mol. The predicted molar refractivity (Wildman–Crippen MR) is 86.3 cm³/mol. The van der Waals surface area contributed by atoms with E-state index in [2.05, 4.69) is 10.2 Å². The van der Waals surface area contributed by atoms with Gasteiger partial charge in [0.25, 0.3) is 5.91 Å². The number of hydrogen-bond acceptors (Lipinski definition) is 3. The monoisotopic (exact) mass is 298 g/mol. The molecule has 116 valence electrons. The van der Waals surface area contributed by atoms with Gasteiger partial charge in [-0.15, -0.1) is 0 Å². The molecule has 1 amide bonds. The van der Waals surface area contributed by atoms with Gasteiger partial charge in [0.15, 0.2) is 0 Å². The van der Waals surface area contributed by atoms with Crippen molar-refractivity contribution in [3.8, 4) is 11.3 Å². The lowest BCUT2D eigenvalue weighted by Gasteiger charge is -2.34. The van der Waals surface area contributed by atoms with Crippen LogP contribution in [0.5, 0.6) is 0 Å². The van der Waals surface area contributed by atoms with Gasteiger partial charge in [0.1, 0.15) is 0 Å². The third-order valence-electron chi connectivity index (χ3n) is 4.42. The first-order valence-corrected chi connectivity index (χ1v) is 7.80. The third kappa shape index (κ3) is 2.90. The SMILES string of the molecule is C[C@@H](N)[C@@H]1CCCN(C(=O)c2cn[nH]c2-c2ccccc2)C1. The molecule has 3 N–H and O–H groups in total. The number of benzene rings is 1. The molecule has 2 heterocycles. The molecule has 1 aliphatic rings. The van der Waals surface area contributed by atoms with Gasteiger partial charge < -0.3 is 10.6 Å². The van der Waals surface area contributed by atoms with Gasteiger partial charge in [-0.2, -0.15) is 5.10 Å². The normalized spacial score (nSPS) is 19.9. The molecule has 22 heavy (non-hydrogen) atoms. The van der Waals surface area contributed by atoms with E-state index < -0.39 is 0 Å². The lowest BCUT2D eigenvalue weighted by molar-refractivity contribution is 0.0662. The van der Waals surface area contributed by atoms with Crippen LogP contribution in [0.3, 0.4) is 0 Å². The van der Waals surface area contributed by atoms with E-state index in [0.29, 0.717) is 11.5 Å². The van der Waals surface area contributed by atoms with Crippen LogP contribution in [0, 0.1) is 5.92 Å². The Morgan fingerprint density at radius 3 is 2.91 bits per heavy atom. The van der Waals surface area contributed by atoms with Crippen LogP contribution >= 0.6 is 0 Å². The zero-order valence-corrected chi connectivity index (χ0v) is 12.8. The van der Waals surface area contributed by atoms with E-state index >= 15 is 0 Å². The van der Waals surface area contributed by atoms with Gasteiger partial charge in [0.2, 0.25) is 0 Å². The molecular formula is C17H22N4O. The minimum Gasteiger partial charge on any atom is -0.338 e. The summed E-state index contributed by atoms with van der Waals surface area (Å²) < 4.78 is 0. The van der Waals surface area contributed by atoms with Crippen molar-refractivity contribution in [3.05, 3.63) is 42.1 Å². The van der Waals surface area contributed by atoms with E-state index in [9.17, 15) is 4.79 Å². The van der Waals surface area contributed by atoms with Crippen LogP contribution < -0.4 is 5.73 Å². The quantitative estimate of drug-likeness (QED) is 0.913. The highest BCUT2D eigenvalue weighted by atomic mass is 16.2. The van der Waals surface area contributed by atoms with Gasteiger partial charge in [-0.3, -0.25) is 9.89 Å². The molecule has 0 spiro atoms. The highest BCUT2D eigenvalue weighted by molar-refractivity contribution is 5.99. The molecule has 0 unspecified atom stereocenters. The Bertz CT molecular complexity index is 635. The molecule has 1 fully saturated rings. The molecule has 2 aromatic rings. The van der Waals surface area contributed by atoms with Crippen LogP contribution in [0.25, 0.3) is 11.3 Å². The molecule has 5 heteroatoms. The molecule has 0 bridgehead atoms. The van der Waals surface area contributed by atoms with Crippen molar-refractivity contribution in [2.75, 3.05) is 13.1 Å². The molecule has 1 aromatic heterocycles. The number of carbonyl (C=O) groups is 1. The predicted octanol–water partition coefficient (Wildman–Crippen LogP) is 2.28. The summed E-state index contributed by atoms with van der Waals surface area (Å²) >= 11 is 0. The van der Waals surface area contributed by atoms with Crippen LogP contribution in [0.15, 0.2) is 36.5 Å². The second kappa shape index (κ2) is 6.32. The summed E-state index contributed by atoms with van der Waals surface area (Å²) in [7, 11) is 0. The van der Waals surface area contributed by atoms with Crippen molar-refractivity contribution in [1.82, 2.24) is 15.1 Å². The third-order valence-corrected chi connectivity index (χ3v) is 4.42. The van der Waals surface area contributed by atoms with Crippen molar-refractivity contribution in [1.29, 1.82) is 0 Å². The Kier molecular flexibility index (Phi) is 4.24. The first-order chi connectivity index (χ1) is 10.7. The lowest BCUT2D eigenvalue weighted by atomic mass is 9.91. The Morgan fingerprint density at radius 1 is 1.41 bits per heavy atom. The van der Waals surface area contributed by atoms with E-state index in [1.807, 2.05) is 42.2 Å². The number of nitrogens with zero attached hydrogens (tertiary/aromatic N) is 2. The number of likely N-dealkylation sites (tertiary alicyclic amines) is 1. The highest BCUT2D eigenvalue weighted by Gasteiger charge is 2.28. The molecule has 1 saturated heterocycles. The van der Waals surface area contributed by atoms with Crippen LogP contribution in [0.1, 0.15) is 30.1 Å². The molecule has 5 nitrogen and oxygen atoms in total. The van der Waals surface area contributed by atoms with Crippen molar-refractivity contribution >= 4 is 5.91 Å². The minimum absolute atomic E-state index is 0.0398. The first kappa shape index (κ1) is 14.8. The Hall–Kier alpha value is -2.14. The topological polar surface area (TPSA) is 75.0 Å². The molecule has 0 radical (unpaired) electrons. The highest BCUT2D eigenvalue weighted by Crippen LogP contribution is 2.25. The summed E-state index contributed by atoms with van der Waals surface area (Å²) in [6.07, 6.45) is 3.73. The number of carbonyl (C=O) groups excluding carboxylic acids is 1. The minimum atomic E-state index is 0.0398. The number of aromatic nitrogens is 2. The standard InChI is InChI=1S/C17H22N4O/c1-12(18)14-8-5-9-21(11-14)17(22)15-10-19-20-16(15)13-6-3-2-4-7-13/h2-4,6-7,10,12,14H,5,8-9,11,18H2,1H3,(H,19,20)/t12-,14-/m1/s1. The van der Waals surface area contributed by atoms with E-state index in [0.717, 1.165) is 37.2 Å². The maximum atomic E-state index is 12.8. The zero-order chi connectivity index (χ0) is 15.5. The summed E-state index contributed by atoms with van der Waals surface area (Å²) in [6.45, 7) is 3.54. The molecule has 1 aromatic carbocycles. The summed E-state index contributed by atoms with van der Waals surface area (Å²) in [5.41, 5.74) is 8.41. The fourth-order valence-electron chi connectivity index (χ4n) is 3.07. The number of H-pyrrole nitrogens is 1.